The van der Waals surface area contributed by atoms with E-state index in [1.165, 1.54) is 10.9 Å². The van der Waals surface area contributed by atoms with Crippen LogP contribution in [-0.4, -0.2) is 54.2 Å². The summed E-state index contributed by atoms with van der Waals surface area (Å²) in [4.78, 5) is 27.9. The summed E-state index contributed by atoms with van der Waals surface area (Å²) in [6.45, 7) is 5.10. The maximum atomic E-state index is 13.7. The number of ether oxygens (including phenoxy) is 1. The number of aliphatic hydroxyl groups excluding tert-OH is 1. The minimum absolute atomic E-state index is 0.126. The first-order valence-corrected chi connectivity index (χ1v) is 12.5. The molecular formula is C26H30N6O3S. The lowest BCUT2D eigenvalue weighted by Gasteiger charge is -2.30. The molecule has 0 aliphatic carbocycles. The van der Waals surface area contributed by atoms with E-state index < -0.39 is 10.8 Å². The highest BCUT2D eigenvalue weighted by Gasteiger charge is 2.29. The van der Waals surface area contributed by atoms with Crippen molar-refractivity contribution in [2.24, 2.45) is 12.5 Å². The lowest BCUT2D eigenvalue weighted by atomic mass is 9.94. The number of fused-ring (bicyclic) bond motifs is 1. The number of aromatic nitrogens is 6. The van der Waals surface area contributed by atoms with Crippen LogP contribution in [0.4, 0.5) is 0 Å². The predicted octanol–water partition coefficient (Wildman–Crippen LogP) is 3.59. The molecule has 0 amide bonds. The standard InChI is InChI=1S/C26H30N6O3S/c1-26(2,14-33)25(36)32-15-28-23-19(24(32)34)10-21(30-22(23)18-12-29-31(3)13-18)17-4-5-20(27-11-17)16-6-8-35-9-7-16/h4-5,10-13,15-16,25,33,36H,6-9,14H2,1-3H3. The average molecular weight is 507 g/mol. The van der Waals surface area contributed by atoms with Crippen LogP contribution in [0.15, 0.2) is 47.9 Å². The Morgan fingerprint density at radius 3 is 2.61 bits per heavy atom. The van der Waals surface area contributed by atoms with Crippen LogP contribution < -0.4 is 5.56 Å². The van der Waals surface area contributed by atoms with Crippen LogP contribution in [0, 0.1) is 5.41 Å². The Labute approximate surface area is 214 Å². The average Bonchev–Trinajstić information content (AvgIpc) is 3.34. The van der Waals surface area contributed by atoms with E-state index in [1.54, 1.807) is 16.9 Å². The molecular weight excluding hydrogens is 476 g/mol. The first-order chi connectivity index (χ1) is 17.3. The smallest absolute Gasteiger partial charge is 0.262 e. The van der Waals surface area contributed by atoms with Crippen LogP contribution in [0.5, 0.6) is 0 Å². The zero-order valence-corrected chi connectivity index (χ0v) is 21.5. The maximum Gasteiger partial charge on any atom is 0.262 e. The van der Waals surface area contributed by atoms with E-state index in [0.29, 0.717) is 28.2 Å². The predicted molar refractivity (Wildman–Crippen MR) is 141 cm³/mol. The Hall–Kier alpha value is -3.08. The van der Waals surface area contributed by atoms with Crippen molar-refractivity contribution in [2.45, 2.75) is 38.0 Å². The fourth-order valence-corrected chi connectivity index (χ4v) is 4.71. The topological polar surface area (TPSA) is 108 Å². The van der Waals surface area contributed by atoms with Gasteiger partial charge in [-0.2, -0.15) is 17.7 Å². The van der Waals surface area contributed by atoms with E-state index in [2.05, 4.69) is 22.7 Å². The van der Waals surface area contributed by atoms with E-state index >= 15 is 0 Å². The van der Waals surface area contributed by atoms with E-state index in [4.69, 9.17) is 14.7 Å². The number of nitrogens with zero attached hydrogens (tertiary/aromatic N) is 6. The lowest BCUT2D eigenvalue weighted by Crippen LogP contribution is -2.33. The highest BCUT2D eigenvalue weighted by Crippen LogP contribution is 2.34. The van der Waals surface area contributed by atoms with Crippen molar-refractivity contribution in [1.82, 2.24) is 29.3 Å². The highest BCUT2D eigenvalue weighted by atomic mass is 32.1. The summed E-state index contributed by atoms with van der Waals surface area (Å²) < 4.78 is 8.63. The Kier molecular flexibility index (Phi) is 6.67. The van der Waals surface area contributed by atoms with E-state index in [1.807, 2.05) is 45.4 Å². The first-order valence-electron chi connectivity index (χ1n) is 12.0. The minimum Gasteiger partial charge on any atom is -0.396 e. The van der Waals surface area contributed by atoms with Crippen LogP contribution >= 0.6 is 12.6 Å². The van der Waals surface area contributed by atoms with Crippen molar-refractivity contribution in [1.29, 1.82) is 0 Å². The van der Waals surface area contributed by atoms with Crippen molar-refractivity contribution >= 4 is 23.5 Å². The summed E-state index contributed by atoms with van der Waals surface area (Å²) >= 11 is 4.65. The summed E-state index contributed by atoms with van der Waals surface area (Å²) in [6, 6.07) is 5.80. The van der Waals surface area contributed by atoms with Gasteiger partial charge in [0.1, 0.15) is 11.2 Å². The molecule has 1 aliphatic rings. The van der Waals surface area contributed by atoms with Gasteiger partial charge in [-0.1, -0.05) is 13.8 Å². The van der Waals surface area contributed by atoms with Gasteiger partial charge in [0.2, 0.25) is 0 Å². The Balaban J connectivity index is 1.65. The molecule has 9 nitrogen and oxygen atoms in total. The zero-order chi connectivity index (χ0) is 25.4. The van der Waals surface area contributed by atoms with E-state index in [0.717, 1.165) is 42.9 Å². The number of aryl methyl sites for hydroxylation is 1. The number of thiol groups is 1. The van der Waals surface area contributed by atoms with E-state index in [9.17, 15) is 9.90 Å². The third-order valence-electron chi connectivity index (χ3n) is 6.84. The van der Waals surface area contributed by atoms with Crippen LogP contribution in [0.3, 0.4) is 0 Å². The van der Waals surface area contributed by atoms with Gasteiger partial charge in [0.05, 0.1) is 35.6 Å². The molecule has 0 spiro atoms. The highest BCUT2D eigenvalue weighted by molar-refractivity contribution is 7.80. The van der Waals surface area contributed by atoms with Crippen molar-refractivity contribution in [3.05, 3.63) is 59.2 Å². The molecule has 0 bridgehead atoms. The third kappa shape index (κ3) is 4.56. The monoisotopic (exact) mass is 506 g/mol. The first kappa shape index (κ1) is 24.6. The summed E-state index contributed by atoms with van der Waals surface area (Å²) in [6.07, 6.45) is 8.78. The molecule has 5 heterocycles. The summed E-state index contributed by atoms with van der Waals surface area (Å²) in [5, 5.41) is 14.0. The zero-order valence-electron chi connectivity index (χ0n) is 20.6. The molecule has 1 atom stereocenters. The summed E-state index contributed by atoms with van der Waals surface area (Å²) in [7, 11) is 1.83. The molecule has 1 fully saturated rings. The second kappa shape index (κ2) is 9.76. The molecule has 10 heteroatoms. The van der Waals surface area contributed by atoms with Crippen LogP contribution in [0.1, 0.15) is 43.7 Å². The number of pyridine rings is 2. The van der Waals surface area contributed by atoms with Crippen molar-refractivity contribution in [2.75, 3.05) is 19.8 Å². The number of rotatable bonds is 6. The number of aliphatic hydroxyl groups is 1. The molecule has 188 valence electrons. The fraction of sp³-hybridized carbons (Fsp3) is 0.423. The molecule has 1 aliphatic heterocycles. The largest absolute Gasteiger partial charge is 0.396 e. The minimum atomic E-state index is -0.631. The normalized spacial score (nSPS) is 15.9. The van der Waals surface area contributed by atoms with Gasteiger partial charge in [-0.15, -0.1) is 0 Å². The Morgan fingerprint density at radius 1 is 1.19 bits per heavy atom. The van der Waals surface area contributed by atoms with Gasteiger partial charge in [-0.05, 0) is 31.0 Å². The van der Waals surface area contributed by atoms with Gasteiger partial charge in [-0.25, -0.2) is 9.97 Å². The molecule has 1 unspecified atom stereocenters. The molecule has 0 radical (unpaired) electrons. The Morgan fingerprint density at radius 2 is 1.97 bits per heavy atom. The SMILES string of the molecule is Cn1cc(-c2nc(-c3ccc(C4CCOCC4)nc3)cc3c(=O)n(C(S)C(C)(C)CO)cnc23)cn1. The van der Waals surface area contributed by atoms with Crippen LogP contribution in [0.25, 0.3) is 33.4 Å². The van der Waals surface area contributed by atoms with Crippen LogP contribution in [-0.2, 0) is 11.8 Å². The number of hydrogen-bond donors (Lipinski definition) is 2. The second-order valence-corrected chi connectivity index (χ2v) is 10.5. The van der Waals surface area contributed by atoms with Crippen molar-refractivity contribution in [3.8, 4) is 22.5 Å². The van der Waals surface area contributed by atoms with Gasteiger partial charge in [0, 0.05) is 60.8 Å². The molecule has 36 heavy (non-hydrogen) atoms. The molecule has 4 aromatic rings. The van der Waals surface area contributed by atoms with Gasteiger partial charge in [0.25, 0.3) is 5.56 Å². The molecule has 1 saturated heterocycles. The van der Waals surface area contributed by atoms with Crippen molar-refractivity contribution < 1.29 is 9.84 Å². The lowest BCUT2D eigenvalue weighted by molar-refractivity contribution is 0.0845. The van der Waals surface area contributed by atoms with Gasteiger partial charge >= 0.3 is 0 Å². The van der Waals surface area contributed by atoms with E-state index in [-0.39, 0.29) is 12.2 Å². The molecule has 5 rings (SSSR count). The van der Waals surface area contributed by atoms with Crippen LogP contribution in [0.2, 0.25) is 0 Å². The summed E-state index contributed by atoms with van der Waals surface area (Å²) in [5.41, 5.74) is 3.43. The maximum absolute atomic E-state index is 13.7. The molecule has 0 aromatic carbocycles. The quantitative estimate of drug-likeness (QED) is 0.385. The fourth-order valence-electron chi connectivity index (χ4n) is 4.46. The summed E-state index contributed by atoms with van der Waals surface area (Å²) in [5.74, 6) is 0.391. The molecule has 4 aromatic heterocycles. The molecule has 1 N–H and O–H groups in total. The van der Waals surface area contributed by atoms with Crippen molar-refractivity contribution in [3.63, 3.8) is 0 Å². The van der Waals surface area contributed by atoms with Gasteiger partial charge in [-0.3, -0.25) is 19.0 Å². The second-order valence-electron chi connectivity index (χ2n) is 9.99. The Bertz CT molecular complexity index is 1440. The van der Waals surface area contributed by atoms with Gasteiger partial charge < -0.3 is 9.84 Å². The number of hydrogen-bond acceptors (Lipinski definition) is 8. The van der Waals surface area contributed by atoms with Gasteiger partial charge in [0.15, 0.2) is 0 Å². The molecule has 0 saturated carbocycles. The third-order valence-corrected chi connectivity index (χ3v) is 7.79.